The summed E-state index contributed by atoms with van der Waals surface area (Å²) in [5, 5.41) is 5.68. The van der Waals surface area contributed by atoms with Crippen LogP contribution in [0.1, 0.15) is 0 Å². The number of rotatable bonds is 4. The highest BCUT2D eigenvalue weighted by Gasteiger charge is 2.20. The van der Waals surface area contributed by atoms with Gasteiger partial charge in [0.2, 0.25) is 0 Å². The molecule has 0 saturated heterocycles. The van der Waals surface area contributed by atoms with Gasteiger partial charge in [-0.25, -0.2) is 9.97 Å². The van der Waals surface area contributed by atoms with E-state index < -0.39 is 0 Å². The quantitative estimate of drug-likeness (QED) is 0.194. The molecular weight excluding hydrogens is 605 g/mol. The number of nitrogens with zero attached hydrogens (tertiary/aromatic N) is 2. The van der Waals surface area contributed by atoms with Gasteiger partial charge >= 0.3 is 0 Å². The molecule has 3 nitrogen and oxygen atoms in total. The average molecular weight is 631 g/mol. The summed E-state index contributed by atoms with van der Waals surface area (Å²) in [5.41, 5.74) is 10.3. The summed E-state index contributed by atoms with van der Waals surface area (Å²) in [7, 11) is 0. The second-order valence-electron chi connectivity index (χ2n) is 12.1. The first kappa shape index (κ1) is 27.1. The van der Waals surface area contributed by atoms with Gasteiger partial charge in [-0.05, 0) is 57.3 Å². The number of thiophene rings is 1. The molecule has 0 saturated carbocycles. The van der Waals surface area contributed by atoms with Gasteiger partial charge in [0.1, 0.15) is 11.2 Å². The van der Waals surface area contributed by atoms with Crippen molar-refractivity contribution in [3.63, 3.8) is 0 Å². The largest absolute Gasteiger partial charge is 0.456 e. The highest BCUT2D eigenvalue weighted by molar-refractivity contribution is 7.26. The zero-order valence-corrected chi connectivity index (χ0v) is 26.5. The molecule has 224 valence electrons. The molecule has 0 spiro atoms. The van der Waals surface area contributed by atoms with Gasteiger partial charge in [0.25, 0.3) is 0 Å². The molecule has 48 heavy (non-hydrogen) atoms. The van der Waals surface area contributed by atoms with Crippen molar-refractivity contribution in [2.45, 2.75) is 0 Å². The molecule has 0 amide bonds. The Labute approximate surface area is 280 Å². The summed E-state index contributed by atoms with van der Waals surface area (Å²) < 4.78 is 8.75. The summed E-state index contributed by atoms with van der Waals surface area (Å²) in [4.78, 5) is 10.7. The molecular formula is C44H26N2OS. The lowest BCUT2D eigenvalue weighted by atomic mass is 9.96. The molecule has 0 atom stereocenters. The van der Waals surface area contributed by atoms with E-state index in [1.54, 1.807) is 11.3 Å². The van der Waals surface area contributed by atoms with Crippen molar-refractivity contribution in [3.05, 3.63) is 158 Å². The second kappa shape index (κ2) is 10.7. The molecule has 0 aliphatic heterocycles. The maximum absolute atomic E-state index is 6.45. The van der Waals surface area contributed by atoms with Crippen LogP contribution in [0.2, 0.25) is 0 Å². The third-order valence-corrected chi connectivity index (χ3v) is 10.5. The Hall–Kier alpha value is -6.10. The predicted octanol–water partition coefficient (Wildman–Crippen LogP) is 12.6. The fraction of sp³-hybridized carbons (Fsp3) is 0. The van der Waals surface area contributed by atoms with E-state index in [4.69, 9.17) is 14.4 Å². The molecule has 10 aromatic rings. The van der Waals surface area contributed by atoms with Gasteiger partial charge in [-0.2, -0.15) is 0 Å². The van der Waals surface area contributed by atoms with Gasteiger partial charge in [0.05, 0.1) is 15.9 Å². The molecule has 10 rings (SSSR count). The maximum atomic E-state index is 6.45. The van der Waals surface area contributed by atoms with E-state index in [0.717, 1.165) is 59.9 Å². The van der Waals surface area contributed by atoms with Crippen molar-refractivity contribution in [1.29, 1.82) is 0 Å². The highest BCUT2D eigenvalue weighted by Crippen LogP contribution is 2.43. The molecule has 0 unspecified atom stereocenters. The van der Waals surface area contributed by atoms with Gasteiger partial charge in [-0.15, -0.1) is 11.3 Å². The molecule has 0 bridgehead atoms. The Morgan fingerprint density at radius 1 is 0.458 bits per heavy atom. The van der Waals surface area contributed by atoms with E-state index in [1.807, 2.05) is 18.2 Å². The van der Waals surface area contributed by atoms with Crippen LogP contribution < -0.4 is 0 Å². The van der Waals surface area contributed by atoms with Gasteiger partial charge in [0.15, 0.2) is 5.82 Å². The molecule has 0 fully saturated rings. The molecule has 3 heterocycles. The van der Waals surface area contributed by atoms with Crippen molar-refractivity contribution in [3.8, 4) is 44.9 Å². The molecule has 0 aliphatic rings. The second-order valence-corrected chi connectivity index (χ2v) is 13.2. The SMILES string of the molecule is c1ccc(-c2ccc(-c3nc(-c4cccc5oc6ccc(-c7cccc8ccccc78)cc6c45)nc4c3sc3ccccc34)cc2)cc1. The minimum atomic E-state index is 0.692. The number of hydrogen-bond acceptors (Lipinski definition) is 4. The highest BCUT2D eigenvalue weighted by atomic mass is 32.1. The fourth-order valence-electron chi connectivity index (χ4n) is 7.02. The van der Waals surface area contributed by atoms with Gasteiger partial charge < -0.3 is 4.42 Å². The lowest BCUT2D eigenvalue weighted by Crippen LogP contribution is -1.94. The lowest BCUT2D eigenvalue weighted by molar-refractivity contribution is 0.669. The summed E-state index contributed by atoms with van der Waals surface area (Å²) in [6, 6.07) is 55.5. The van der Waals surface area contributed by atoms with Crippen LogP contribution in [0, 0.1) is 0 Å². The van der Waals surface area contributed by atoms with Crippen molar-refractivity contribution >= 4 is 64.4 Å². The number of aromatic nitrogens is 2. The Morgan fingerprint density at radius 2 is 1.15 bits per heavy atom. The normalized spacial score (nSPS) is 11.8. The van der Waals surface area contributed by atoms with Gasteiger partial charge in [0, 0.05) is 32.0 Å². The average Bonchev–Trinajstić information content (AvgIpc) is 3.73. The van der Waals surface area contributed by atoms with Crippen LogP contribution in [-0.4, -0.2) is 9.97 Å². The van der Waals surface area contributed by atoms with Crippen LogP contribution >= 0.6 is 11.3 Å². The Bertz CT molecular complexity index is 2830. The minimum absolute atomic E-state index is 0.692. The van der Waals surface area contributed by atoms with Crippen LogP contribution in [0.3, 0.4) is 0 Å². The van der Waals surface area contributed by atoms with Crippen LogP contribution in [0.4, 0.5) is 0 Å². The lowest BCUT2D eigenvalue weighted by Gasteiger charge is -2.10. The molecule has 0 aliphatic carbocycles. The Balaban J connectivity index is 1.21. The fourth-order valence-corrected chi connectivity index (χ4v) is 8.17. The summed E-state index contributed by atoms with van der Waals surface area (Å²) in [5.74, 6) is 0.692. The van der Waals surface area contributed by atoms with Crippen molar-refractivity contribution in [1.82, 2.24) is 9.97 Å². The number of benzene rings is 7. The minimum Gasteiger partial charge on any atom is -0.456 e. The zero-order valence-electron chi connectivity index (χ0n) is 25.7. The van der Waals surface area contributed by atoms with E-state index in [-0.39, 0.29) is 0 Å². The standard InChI is InChI=1S/C44H26N2OS/c1-2-10-27(11-3-1)28-20-22-30(23-21-28)41-43-42(34-15-6-7-19-39(34)48-43)46-44(45-41)35-17-9-18-38-40(35)36-26-31(24-25-37(36)47-38)33-16-8-13-29-12-4-5-14-32(29)33/h1-26H. The first-order valence-corrected chi connectivity index (χ1v) is 16.9. The van der Waals surface area contributed by atoms with Crippen LogP contribution in [0.25, 0.3) is 97.9 Å². The predicted molar refractivity (Wildman–Crippen MR) is 201 cm³/mol. The van der Waals surface area contributed by atoms with E-state index in [2.05, 4.69) is 140 Å². The van der Waals surface area contributed by atoms with Crippen molar-refractivity contribution in [2.24, 2.45) is 0 Å². The molecule has 4 heteroatoms. The third kappa shape index (κ3) is 4.27. The first-order chi connectivity index (χ1) is 23.8. The van der Waals surface area contributed by atoms with Crippen LogP contribution in [-0.2, 0) is 0 Å². The third-order valence-electron chi connectivity index (χ3n) is 9.32. The van der Waals surface area contributed by atoms with Crippen molar-refractivity contribution < 1.29 is 4.42 Å². The summed E-state index contributed by atoms with van der Waals surface area (Å²) >= 11 is 1.75. The summed E-state index contributed by atoms with van der Waals surface area (Å²) in [6.45, 7) is 0. The molecule has 0 N–H and O–H groups in total. The Kier molecular flexibility index (Phi) is 6.05. The smallest absolute Gasteiger partial charge is 0.161 e. The maximum Gasteiger partial charge on any atom is 0.161 e. The van der Waals surface area contributed by atoms with Gasteiger partial charge in [-0.3, -0.25) is 0 Å². The molecule has 0 radical (unpaired) electrons. The molecule has 3 aromatic heterocycles. The summed E-state index contributed by atoms with van der Waals surface area (Å²) in [6.07, 6.45) is 0. The number of fused-ring (bicyclic) bond motifs is 7. The van der Waals surface area contributed by atoms with E-state index in [1.165, 1.54) is 32.2 Å². The Morgan fingerprint density at radius 3 is 2.04 bits per heavy atom. The monoisotopic (exact) mass is 630 g/mol. The number of hydrogen-bond donors (Lipinski definition) is 0. The molecule has 7 aromatic carbocycles. The van der Waals surface area contributed by atoms with Crippen molar-refractivity contribution in [2.75, 3.05) is 0 Å². The van der Waals surface area contributed by atoms with E-state index >= 15 is 0 Å². The van der Waals surface area contributed by atoms with Gasteiger partial charge in [-0.1, -0.05) is 133 Å². The van der Waals surface area contributed by atoms with E-state index in [0.29, 0.717) is 5.82 Å². The first-order valence-electron chi connectivity index (χ1n) is 16.1. The van der Waals surface area contributed by atoms with E-state index in [9.17, 15) is 0 Å². The van der Waals surface area contributed by atoms with Crippen LogP contribution in [0.15, 0.2) is 162 Å². The van der Waals surface area contributed by atoms with Crippen LogP contribution in [0.5, 0.6) is 0 Å². The topological polar surface area (TPSA) is 38.9 Å². The number of furan rings is 1. The zero-order chi connectivity index (χ0) is 31.6.